The maximum absolute atomic E-state index is 12.9. The van der Waals surface area contributed by atoms with Gasteiger partial charge in [0.25, 0.3) is 0 Å². The van der Waals surface area contributed by atoms with Crippen LogP contribution in [0.1, 0.15) is 26.3 Å². The summed E-state index contributed by atoms with van der Waals surface area (Å²) in [6.45, 7) is 0. The SMILES string of the molecule is CN(C)C1(c2ccccc2)C(=O)c2ccccc2C1=O. The second-order valence-electron chi connectivity index (χ2n) is 5.17. The molecule has 0 N–H and O–H groups in total. The van der Waals surface area contributed by atoms with Gasteiger partial charge in [-0.05, 0) is 19.7 Å². The molecule has 20 heavy (non-hydrogen) atoms. The van der Waals surface area contributed by atoms with E-state index in [1.807, 2.05) is 30.3 Å². The van der Waals surface area contributed by atoms with Crippen LogP contribution >= 0.6 is 0 Å². The molecule has 0 fully saturated rings. The van der Waals surface area contributed by atoms with Crippen molar-refractivity contribution in [1.82, 2.24) is 4.90 Å². The van der Waals surface area contributed by atoms with Crippen LogP contribution in [0, 0.1) is 0 Å². The Morgan fingerprint density at radius 1 is 0.750 bits per heavy atom. The van der Waals surface area contributed by atoms with Crippen LogP contribution in [0.4, 0.5) is 0 Å². The standard InChI is InChI=1S/C17H15NO2/c1-18(2)17(12-8-4-3-5-9-12)15(19)13-10-6-7-11-14(13)16(17)20/h3-11H,1-2H3. The van der Waals surface area contributed by atoms with Crippen LogP contribution in [-0.4, -0.2) is 30.6 Å². The monoisotopic (exact) mass is 265 g/mol. The summed E-state index contributed by atoms with van der Waals surface area (Å²) in [7, 11) is 3.54. The van der Waals surface area contributed by atoms with E-state index in [4.69, 9.17) is 0 Å². The van der Waals surface area contributed by atoms with E-state index in [-0.39, 0.29) is 11.6 Å². The lowest BCUT2D eigenvalue weighted by atomic mass is 9.84. The molecule has 0 unspecified atom stereocenters. The summed E-state index contributed by atoms with van der Waals surface area (Å²) < 4.78 is 0. The van der Waals surface area contributed by atoms with Gasteiger partial charge >= 0.3 is 0 Å². The van der Waals surface area contributed by atoms with E-state index in [2.05, 4.69) is 0 Å². The number of hydrogen-bond acceptors (Lipinski definition) is 3. The van der Waals surface area contributed by atoms with Gasteiger partial charge < -0.3 is 0 Å². The van der Waals surface area contributed by atoms with Crippen LogP contribution in [0.5, 0.6) is 0 Å². The average Bonchev–Trinajstić information content (AvgIpc) is 2.70. The molecule has 3 heteroatoms. The number of nitrogens with zero attached hydrogens (tertiary/aromatic N) is 1. The van der Waals surface area contributed by atoms with Gasteiger partial charge in [-0.3, -0.25) is 14.5 Å². The molecule has 3 rings (SSSR count). The van der Waals surface area contributed by atoms with Gasteiger partial charge in [-0.25, -0.2) is 0 Å². The van der Waals surface area contributed by atoms with Gasteiger partial charge in [0.2, 0.25) is 0 Å². The van der Waals surface area contributed by atoms with Gasteiger partial charge in [-0.1, -0.05) is 54.6 Å². The molecule has 0 bridgehead atoms. The predicted octanol–water partition coefficient (Wildman–Crippen LogP) is 2.52. The van der Waals surface area contributed by atoms with E-state index < -0.39 is 5.54 Å². The van der Waals surface area contributed by atoms with Crippen molar-refractivity contribution in [3.8, 4) is 0 Å². The van der Waals surface area contributed by atoms with E-state index in [0.717, 1.165) is 5.56 Å². The molecule has 0 amide bonds. The molecule has 1 aliphatic carbocycles. The lowest BCUT2D eigenvalue weighted by Crippen LogP contribution is -2.50. The van der Waals surface area contributed by atoms with Crippen LogP contribution in [0.15, 0.2) is 54.6 Å². The number of rotatable bonds is 2. The molecule has 2 aromatic rings. The molecule has 0 saturated carbocycles. The van der Waals surface area contributed by atoms with Crippen LogP contribution in [0.25, 0.3) is 0 Å². The quantitative estimate of drug-likeness (QED) is 0.783. The molecule has 0 atom stereocenters. The highest BCUT2D eigenvalue weighted by Crippen LogP contribution is 2.40. The maximum atomic E-state index is 12.9. The number of Topliss-reactive ketones (excluding diaryl/α,β-unsaturated/α-hetero) is 2. The van der Waals surface area contributed by atoms with Gasteiger partial charge in [0.05, 0.1) is 0 Å². The summed E-state index contributed by atoms with van der Waals surface area (Å²) in [5, 5.41) is 0. The fraction of sp³-hybridized carbons (Fsp3) is 0.176. The Labute approximate surface area is 117 Å². The fourth-order valence-corrected chi connectivity index (χ4v) is 2.98. The third-order valence-corrected chi connectivity index (χ3v) is 3.94. The highest BCUT2D eigenvalue weighted by molar-refractivity contribution is 6.32. The third-order valence-electron chi connectivity index (χ3n) is 3.94. The Kier molecular flexibility index (Phi) is 2.80. The number of hydrogen-bond donors (Lipinski definition) is 0. The molecule has 0 spiro atoms. The van der Waals surface area contributed by atoms with Crippen molar-refractivity contribution in [3.05, 3.63) is 71.3 Å². The Morgan fingerprint density at radius 3 is 1.65 bits per heavy atom. The van der Waals surface area contributed by atoms with Crippen LogP contribution in [0.2, 0.25) is 0 Å². The van der Waals surface area contributed by atoms with Crippen molar-refractivity contribution in [2.24, 2.45) is 0 Å². The topological polar surface area (TPSA) is 37.4 Å². The Hall–Kier alpha value is -2.26. The van der Waals surface area contributed by atoms with Crippen molar-refractivity contribution in [1.29, 1.82) is 0 Å². The first-order chi connectivity index (χ1) is 9.60. The third kappa shape index (κ3) is 1.44. The minimum Gasteiger partial charge on any atom is -0.291 e. The smallest absolute Gasteiger partial charge is 0.196 e. The lowest BCUT2D eigenvalue weighted by molar-refractivity contribution is 0.0596. The number of carbonyl (C=O) groups is 2. The molecule has 0 aromatic heterocycles. The van der Waals surface area contributed by atoms with Gasteiger partial charge in [0.1, 0.15) is 0 Å². The molecular formula is C17H15NO2. The number of benzene rings is 2. The zero-order chi connectivity index (χ0) is 14.3. The average molecular weight is 265 g/mol. The van der Waals surface area contributed by atoms with Crippen molar-refractivity contribution < 1.29 is 9.59 Å². The fourth-order valence-electron chi connectivity index (χ4n) is 2.98. The summed E-state index contributed by atoms with van der Waals surface area (Å²) in [6, 6.07) is 16.3. The summed E-state index contributed by atoms with van der Waals surface area (Å²) in [4.78, 5) is 27.5. The van der Waals surface area contributed by atoms with E-state index in [1.165, 1.54) is 0 Å². The maximum Gasteiger partial charge on any atom is 0.196 e. The lowest BCUT2D eigenvalue weighted by Gasteiger charge is -2.33. The van der Waals surface area contributed by atoms with Crippen molar-refractivity contribution in [2.45, 2.75) is 5.54 Å². The van der Waals surface area contributed by atoms with E-state index >= 15 is 0 Å². The first-order valence-electron chi connectivity index (χ1n) is 6.51. The Balaban J connectivity index is 2.30. The van der Waals surface area contributed by atoms with Crippen molar-refractivity contribution in [3.63, 3.8) is 0 Å². The largest absolute Gasteiger partial charge is 0.291 e. The first-order valence-corrected chi connectivity index (χ1v) is 6.51. The number of likely N-dealkylation sites (N-methyl/N-ethyl adjacent to an activating group) is 1. The minimum absolute atomic E-state index is 0.144. The van der Waals surface area contributed by atoms with E-state index in [1.54, 1.807) is 43.3 Å². The Bertz CT molecular complexity index is 654. The summed E-state index contributed by atoms with van der Waals surface area (Å²) >= 11 is 0. The molecule has 0 aliphatic heterocycles. The second-order valence-corrected chi connectivity index (χ2v) is 5.17. The summed E-state index contributed by atoms with van der Waals surface area (Å²) in [6.07, 6.45) is 0. The van der Waals surface area contributed by atoms with Crippen LogP contribution in [-0.2, 0) is 5.54 Å². The molecule has 0 radical (unpaired) electrons. The highest BCUT2D eigenvalue weighted by Gasteiger charge is 2.55. The molecule has 0 heterocycles. The predicted molar refractivity (Wildman–Crippen MR) is 76.9 cm³/mol. The normalized spacial score (nSPS) is 16.6. The molecule has 2 aromatic carbocycles. The van der Waals surface area contributed by atoms with Crippen molar-refractivity contribution >= 4 is 11.6 Å². The van der Waals surface area contributed by atoms with Gasteiger partial charge in [0, 0.05) is 11.1 Å². The molecule has 3 nitrogen and oxygen atoms in total. The van der Waals surface area contributed by atoms with E-state index in [9.17, 15) is 9.59 Å². The number of ketones is 2. The molecule has 0 saturated heterocycles. The first kappa shape index (κ1) is 12.8. The van der Waals surface area contributed by atoms with Gasteiger partial charge in [-0.2, -0.15) is 0 Å². The van der Waals surface area contributed by atoms with Gasteiger partial charge in [0.15, 0.2) is 17.1 Å². The minimum atomic E-state index is -1.23. The molecular weight excluding hydrogens is 250 g/mol. The molecule has 100 valence electrons. The molecule has 1 aliphatic rings. The zero-order valence-corrected chi connectivity index (χ0v) is 11.5. The zero-order valence-electron chi connectivity index (χ0n) is 11.5. The van der Waals surface area contributed by atoms with Gasteiger partial charge in [-0.15, -0.1) is 0 Å². The summed E-state index contributed by atoms with van der Waals surface area (Å²) in [5.41, 5.74) is 0.506. The van der Waals surface area contributed by atoms with E-state index in [0.29, 0.717) is 11.1 Å². The summed E-state index contributed by atoms with van der Waals surface area (Å²) in [5.74, 6) is -0.288. The number of carbonyl (C=O) groups excluding carboxylic acids is 2. The van der Waals surface area contributed by atoms with Crippen LogP contribution < -0.4 is 0 Å². The van der Waals surface area contributed by atoms with Crippen LogP contribution in [0.3, 0.4) is 0 Å². The Morgan fingerprint density at radius 2 is 1.20 bits per heavy atom. The number of fused-ring (bicyclic) bond motifs is 1. The second kappa shape index (κ2) is 4.39. The highest BCUT2D eigenvalue weighted by atomic mass is 16.2. The van der Waals surface area contributed by atoms with Crippen molar-refractivity contribution in [2.75, 3.05) is 14.1 Å².